The van der Waals surface area contributed by atoms with Crippen LogP contribution in [0.1, 0.15) is 185 Å². The Hall–Kier alpha value is -2.87. The molecule has 0 aromatic rings. The van der Waals surface area contributed by atoms with E-state index in [1.807, 2.05) is 0 Å². The van der Waals surface area contributed by atoms with Crippen LogP contribution in [0.15, 0.2) is 105 Å². The number of carboxylic acids is 1. The van der Waals surface area contributed by atoms with Gasteiger partial charge in [0.2, 0.25) is 0 Å². The molecule has 276 valence electrons. The van der Waals surface area contributed by atoms with Crippen LogP contribution in [0.3, 0.4) is 0 Å². The number of carboxylic acid groups (broad SMARTS) is 1. The van der Waals surface area contributed by atoms with Gasteiger partial charge in [-0.25, -0.2) is 0 Å². The van der Waals surface area contributed by atoms with Gasteiger partial charge in [-0.1, -0.05) is 105 Å². The van der Waals surface area contributed by atoms with Gasteiger partial charge in [0.1, 0.15) is 0 Å². The van der Waals surface area contributed by atoms with Crippen molar-refractivity contribution in [3.63, 3.8) is 0 Å². The first-order valence-electron chi connectivity index (χ1n) is 19.4. The maximum Gasteiger partial charge on any atom is 0.303 e. The van der Waals surface area contributed by atoms with E-state index in [2.05, 4.69) is 124 Å². The first-order valence-corrected chi connectivity index (χ1v) is 19.4. The Morgan fingerprint density at radius 2 is 0.469 bits per heavy atom. The van der Waals surface area contributed by atoms with Gasteiger partial charge in [-0.05, 0) is 178 Å². The van der Waals surface area contributed by atoms with E-state index in [0.29, 0.717) is 6.42 Å². The Morgan fingerprint density at radius 1 is 0.306 bits per heavy atom. The monoisotopic (exact) mass is 673 g/mol. The zero-order chi connectivity index (χ0) is 36.9. The Morgan fingerprint density at radius 3 is 0.633 bits per heavy atom. The summed E-state index contributed by atoms with van der Waals surface area (Å²) >= 11 is 0. The molecule has 49 heavy (non-hydrogen) atoms. The number of carbonyl (C=O) groups is 1. The normalized spacial score (nSPS) is 14.5. The molecular weight excluding hydrogens is 597 g/mol. The molecule has 1 N–H and O–H groups in total. The van der Waals surface area contributed by atoms with Gasteiger partial charge in [0.15, 0.2) is 0 Å². The number of hydrogen-bond donors (Lipinski definition) is 1. The zero-order valence-electron chi connectivity index (χ0n) is 33.8. The highest BCUT2D eigenvalue weighted by Crippen LogP contribution is 2.17. The highest BCUT2D eigenvalue weighted by atomic mass is 16.4. The van der Waals surface area contributed by atoms with Gasteiger partial charge >= 0.3 is 5.97 Å². The highest BCUT2D eigenvalue weighted by molar-refractivity contribution is 5.66. The summed E-state index contributed by atoms with van der Waals surface area (Å²) in [5, 5.41) is 8.76. The van der Waals surface area contributed by atoms with Crippen LogP contribution < -0.4 is 0 Å². The number of rotatable bonds is 27. The van der Waals surface area contributed by atoms with E-state index >= 15 is 0 Å². The van der Waals surface area contributed by atoms with Crippen molar-refractivity contribution in [3.05, 3.63) is 105 Å². The number of allylic oxidation sites excluding steroid dienone is 18. The Bertz CT molecular complexity index is 1210. The highest BCUT2D eigenvalue weighted by Gasteiger charge is 1.98. The van der Waals surface area contributed by atoms with E-state index < -0.39 is 5.97 Å². The summed E-state index contributed by atoms with van der Waals surface area (Å²) < 4.78 is 0. The van der Waals surface area contributed by atoms with Crippen molar-refractivity contribution in [1.29, 1.82) is 0 Å². The molecule has 0 heterocycles. The molecule has 0 aliphatic carbocycles. The van der Waals surface area contributed by atoms with Gasteiger partial charge in [0, 0.05) is 6.42 Å². The van der Waals surface area contributed by atoms with Crippen molar-refractivity contribution >= 4 is 5.97 Å². The predicted molar refractivity (Wildman–Crippen MR) is 220 cm³/mol. The van der Waals surface area contributed by atoms with E-state index in [1.54, 1.807) is 0 Å². The summed E-state index contributed by atoms with van der Waals surface area (Å²) in [4.78, 5) is 10.6. The second-order valence-corrected chi connectivity index (χ2v) is 14.9. The zero-order valence-corrected chi connectivity index (χ0v) is 33.8. The molecular formula is C47H76O2. The van der Waals surface area contributed by atoms with Gasteiger partial charge in [0.05, 0.1) is 0 Å². The predicted octanol–water partition coefficient (Wildman–Crippen LogP) is 15.6. The molecule has 0 spiro atoms. The van der Waals surface area contributed by atoms with Crippen LogP contribution in [-0.4, -0.2) is 11.1 Å². The lowest BCUT2D eigenvalue weighted by Crippen LogP contribution is -1.92. The molecule has 0 saturated carbocycles. The van der Waals surface area contributed by atoms with E-state index in [4.69, 9.17) is 5.11 Å². The van der Waals surface area contributed by atoms with Crippen molar-refractivity contribution in [2.75, 3.05) is 0 Å². The third-order valence-electron chi connectivity index (χ3n) is 9.16. The lowest BCUT2D eigenvalue weighted by atomic mass is 10.0. The van der Waals surface area contributed by atoms with E-state index in [1.165, 1.54) is 75.8 Å². The van der Waals surface area contributed by atoms with Crippen molar-refractivity contribution < 1.29 is 9.90 Å². The molecule has 0 aromatic heterocycles. The first kappa shape index (κ1) is 46.1. The molecule has 0 aliphatic heterocycles. The second kappa shape index (κ2) is 30.0. The summed E-state index contributed by atoms with van der Waals surface area (Å²) in [5.41, 5.74) is 13.2. The quantitative estimate of drug-likeness (QED) is 0.0882. The fourth-order valence-electron chi connectivity index (χ4n) is 5.67. The molecule has 0 aromatic carbocycles. The average Bonchev–Trinajstić information content (AvgIpc) is 3.00. The first-order chi connectivity index (χ1) is 23.3. The summed E-state index contributed by atoms with van der Waals surface area (Å²) in [6.07, 6.45) is 40.4. The summed E-state index contributed by atoms with van der Waals surface area (Å²) in [6.45, 7) is 22.4. The van der Waals surface area contributed by atoms with Crippen molar-refractivity contribution in [1.82, 2.24) is 0 Å². The van der Waals surface area contributed by atoms with Gasteiger partial charge in [-0.2, -0.15) is 0 Å². The molecule has 0 saturated heterocycles. The van der Waals surface area contributed by atoms with Crippen LogP contribution in [0.5, 0.6) is 0 Å². The van der Waals surface area contributed by atoms with E-state index in [0.717, 1.165) is 77.0 Å². The molecule has 0 fully saturated rings. The summed E-state index contributed by atoms with van der Waals surface area (Å²) in [6, 6.07) is 0. The molecule has 0 amide bonds. The summed E-state index contributed by atoms with van der Waals surface area (Å²) in [5.74, 6) is -0.724. The van der Waals surface area contributed by atoms with E-state index in [-0.39, 0.29) is 6.42 Å². The minimum absolute atomic E-state index is 0.221. The van der Waals surface area contributed by atoms with Crippen LogP contribution in [0.25, 0.3) is 0 Å². The Kier molecular flexibility index (Phi) is 28.2. The maximum absolute atomic E-state index is 10.6. The van der Waals surface area contributed by atoms with Crippen molar-refractivity contribution in [3.8, 4) is 0 Å². The smallest absolute Gasteiger partial charge is 0.303 e. The number of hydrogen-bond acceptors (Lipinski definition) is 1. The third kappa shape index (κ3) is 32.1. The average molecular weight is 673 g/mol. The second-order valence-electron chi connectivity index (χ2n) is 14.9. The maximum atomic E-state index is 10.6. The fourth-order valence-corrected chi connectivity index (χ4v) is 5.67. The Balaban J connectivity index is 4.22. The topological polar surface area (TPSA) is 37.3 Å². The largest absolute Gasteiger partial charge is 0.481 e. The van der Waals surface area contributed by atoms with Gasteiger partial charge in [0.25, 0.3) is 0 Å². The minimum Gasteiger partial charge on any atom is -0.481 e. The fraction of sp³-hybridized carbons (Fsp3) is 0.596. The van der Waals surface area contributed by atoms with Crippen molar-refractivity contribution in [2.45, 2.75) is 185 Å². The molecule has 0 bridgehead atoms. The van der Waals surface area contributed by atoms with Gasteiger partial charge < -0.3 is 5.11 Å². The Labute approximate surface area is 304 Å². The summed E-state index contributed by atoms with van der Waals surface area (Å²) in [7, 11) is 0. The molecule has 2 nitrogen and oxygen atoms in total. The van der Waals surface area contributed by atoms with Crippen LogP contribution >= 0.6 is 0 Å². The molecule has 0 radical (unpaired) electrons. The van der Waals surface area contributed by atoms with Crippen LogP contribution in [0, 0.1) is 0 Å². The standard InChI is InChI=1S/C47H76O2/c1-38(2)20-11-21-39(3)22-12-23-40(4)24-13-25-41(5)26-14-27-42(6)28-15-29-43(7)30-16-31-44(8)32-17-33-45(9)34-18-35-46(10)36-19-37-47(48)49/h20,22,24,26,28,30,32,34,36H,11-19,21,23,25,27,29,31,33,35,37H2,1-10H3,(H,48,49)/b39-22-,40-24-,41-26-,42-28-,43-30-,44-32-,45-34-,46-36-. The SMILES string of the molecule is CC(C)=CCC/C(C)=C\CC/C(C)=C\CC/C(C)=C\CC/C(C)=C\CC/C(C)=C\CC/C(C)=C\CC/C(C)=C\CC/C(C)=C\CCC(=O)O. The third-order valence-corrected chi connectivity index (χ3v) is 9.16. The van der Waals surface area contributed by atoms with Gasteiger partial charge in [-0.3, -0.25) is 4.79 Å². The molecule has 0 atom stereocenters. The minimum atomic E-state index is -0.724. The van der Waals surface area contributed by atoms with Crippen molar-refractivity contribution in [2.24, 2.45) is 0 Å². The molecule has 0 unspecified atom stereocenters. The van der Waals surface area contributed by atoms with Crippen LogP contribution in [0.4, 0.5) is 0 Å². The molecule has 2 heteroatoms. The lowest BCUT2D eigenvalue weighted by Gasteiger charge is -2.04. The molecule has 0 rings (SSSR count). The molecule has 0 aliphatic rings. The van der Waals surface area contributed by atoms with Crippen LogP contribution in [-0.2, 0) is 4.79 Å². The lowest BCUT2D eigenvalue weighted by molar-refractivity contribution is -0.136. The van der Waals surface area contributed by atoms with E-state index in [9.17, 15) is 4.79 Å². The van der Waals surface area contributed by atoms with Gasteiger partial charge in [-0.15, -0.1) is 0 Å². The number of aliphatic carboxylic acids is 1. The van der Waals surface area contributed by atoms with Crippen LogP contribution in [0.2, 0.25) is 0 Å².